The van der Waals surface area contributed by atoms with E-state index in [4.69, 9.17) is 4.74 Å². The Morgan fingerprint density at radius 2 is 1.78 bits per heavy atom. The Balaban J connectivity index is 1.96. The molecule has 2 bridgehead atoms. The van der Waals surface area contributed by atoms with E-state index < -0.39 is 0 Å². The SMILES string of the molecule is CCC1(CC)[C@@H]2CC[C@@]1(CC)C(c1ccc(C(=O)OC)cc1)C2. The lowest BCUT2D eigenvalue weighted by Gasteiger charge is -2.46. The van der Waals surface area contributed by atoms with Gasteiger partial charge < -0.3 is 4.74 Å². The molecule has 0 spiro atoms. The normalized spacial score (nSPS) is 31.3. The van der Waals surface area contributed by atoms with Crippen LogP contribution in [0.3, 0.4) is 0 Å². The number of fused-ring (bicyclic) bond motifs is 2. The van der Waals surface area contributed by atoms with Crippen LogP contribution in [-0.4, -0.2) is 13.1 Å². The first kappa shape index (κ1) is 16.5. The zero-order valence-electron chi connectivity index (χ0n) is 15.0. The van der Waals surface area contributed by atoms with Gasteiger partial charge in [-0.2, -0.15) is 0 Å². The molecule has 1 aromatic rings. The lowest BCUT2D eigenvalue weighted by atomic mass is 9.58. The largest absolute Gasteiger partial charge is 0.465 e. The van der Waals surface area contributed by atoms with Crippen LogP contribution < -0.4 is 0 Å². The van der Waals surface area contributed by atoms with E-state index in [1.165, 1.54) is 51.2 Å². The third kappa shape index (κ3) is 2.10. The summed E-state index contributed by atoms with van der Waals surface area (Å²) in [5, 5.41) is 0. The smallest absolute Gasteiger partial charge is 0.337 e. The number of ether oxygens (including phenoxy) is 1. The number of esters is 1. The van der Waals surface area contributed by atoms with Gasteiger partial charge in [-0.15, -0.1) is 0 Å². The third-order valence-corrected chi connectivity index (χ3v) is 7.53. The first-order valence-electron chi connectivity index (χ1n) is 9.26. The minimum absolute atomic E-state index is 0.244. The Kier molecular flexibility index (Phi) is 4.29. The van der Waals surface area contributed by atoms with E-state index in [-0.39, 0.29) is 5.97 Å². The van der Waals surface area contributed by atoms with Gasteiger partial charge >= 0.3 is 5.97 Å². The first-order valence-corrected chi connectivity index (χ1v) is 9.26. The number of benzene rings is 1. The van der Waals surface area contributed by atoms with Crippen LogP contribution in [0, 0.1) is 16.7 Å². The molecule has 2 aliphatic carbocycles. The average molecular weight is 314 g/mol. The maximum Gasteiger partial charge on any atom is 0.337 e. The number of hydrogen-bond acceptors (Lipinski definition) is 2. The second-order valence-electron chi connectivity index (χ2n) is 7.51. The van der Waals surface area contributed by atoms with Crippen molar-refractivity contribution in [2.75, 3.05) is 7.11 Å². The van der Waals surface area contributed by atoms with E-state index >= 15 is 0 Å². The van der Waals surface area contributed by atoms with Gasteiger partial charge in [0.15, 0.2) is 0 Å². The maximum absolute atomic E-state index is 11.7. The van der Waals surface area contributed by atoms with Crippen LogP contribution in [-0.2, 0) is 4.74 Å². The van der Waals surface area contributed by atoms with Crippen LogP contribution in [0.4, 0.5) is 0 Å². The van der Waals surface area contributed by atoms with Gasteiger partial charge in [-0.1, -0.05) is 32.9 Å². The van der Waals surface area contributed by atoms with Crippen molar-refractivity contribution in [1.82, 2.24) is 0 Å². The van der Waals surface area contributed by atoms with Crippen molar-refractivity contribution in [3.8, 4) is 0 Å². The van der Waals surface area contributed by atoms with Crippen molar-refractivity contribution in [3.05, 3.63) is 35.4 Å². The van der Waals surface area contributed by atoms with Crippen molar-refractivity contribution >= 4 is 5.97 Å². The molecule has 2 fully saturated rings. The number of rotatable bonds is 5. The quantitative estimate of drug-likeness (QED) is 0.664. The maximum atomic E-state index is 11.7. The molecule has 23 heavy (non-hydrogen) atoms. The molecule has 2 nitrogen and oxygen atoms in total. The van der Waals surface area contributed by atoms with E-state index in [9.17, 15) is 4.79 Å². The second-order valence-corrected chi connectivity index (χ2v) is 7.51. The predicted molar refractivity (Wildman–Crippen MR) is 93.6 cm³/mol. The van der Waals surface area contributed by atoms with E-state index in [0.717, 1.165) is 5.92 Å². The van der Waals surface area contributed by atoms with E-state index in [1.807, 2.05) is 12.1 Å². The number of methoxy groups -OCH3 is 1. The van der Waals surface area contributed by atoms with Crippen LogP contribution in [0.15, 0.2) is 24.3 Å². The molecule has 1 aromatic carbocycles. The van der Waals surface area contributed by atoms with E-state index in [1.54, 1.807) is 0 Å². The molecule has 3 atom stereocenters. The monoisotopic (exact) mass is 314 g/mol. The lowest BCUT2D eigenvalue weighted by Crippen LogP contribution is -2.37. The summed E-state index contributed by atoms with van der Waals surface area (Å²) in [4.78, 5) is 11.7. The predicted octanol–water partition coefficient (Wildman–Crippen LogP) is 5.57. The molecule has 0 heterocycles. The molecule has 0 amide bonds. The summed E-state index contributed by atoms with van der Waals surface area (Å²) in [5.74, 6) is 1.28. The number of carbonyl (C=O) groups excluding carboxylic acids is 1. The van der Waals surface area contributed by atoms with Crippen molar-refractivity contribution in [1.29, 1.82) is 0 Å². The van der Waals surface area contributed by atoms with Crippen LogP contribution in [0.1, 0.15) is 81.1 Å². The summed E-state index contributed by atoms with van der Waals surface area (Å²) in [6.07, 6.45) is 7.99. The van der Waals surface area contributed by atoms with Crippen molar-refractivity contribution < 1.29 is 9.53 Å². The van der Waals surface area contributed by atoms with Crippen molar-refractivity contribution in [2.24, 2.45) is 16.7 Å². The zero-order chi connectivity index (χ0) is 16.7. The van der Waals surface area contributed by atoms with Gasteiger partial charge in [0.05, 0.1) is 12.7 Å². The van der Waals surface area contributed by atoms with Gasteiger partial charge in [-0.05, 0) is 78.9 Å². The molecule has 126 valence electrons. The fraction of sp³-hybridized carbons (Fsp3) is 0.667. The summed E-state index contributed by atoms with van der Waals surface area (Å²) < 4.78 is 4.82. The van der Waals surface area contributed by atoms with Crippen LogP contribution in [0.25, 0.3) is 0 Å². The van der Waals surface area contributed by atoms with Gasteiger partial charge in [0.25, 0.3) is 0 Å². The zero-order valence-corrected chi connectivity index (χ0v) is 15.0. The summed E-state index contributed by atoms with van der Waals surface area (Å²) in [5.41, 5.74) is 3.05. The fourth-order valence-corrected chi connectivity index (χ4v) is 6.47. The molecule has 0 aromatic heterocycles. The van der Waals surface area contributed by atoms with Crippen LogP contribution in [0.2, 0.25) is 0 Å². The number of hydrogen-bond donors (Lipinski definition) is 0. The Morgan fingerprint density at radius 3 is 2.30 bits per heavy atom. The Hall–Kier alpha value is -1.31. The summed E-state index contributed by atoms with van der Waals surface area (Å²) in [6, 6.07) is 8.22. The Morgan fingerprint density at radius 1 is 1.13 bits per heavy atom. The molecular weight excluding hydrogens is 284 g/mol. The average Bonchev–Trinajstić information content (AvgIpc) is 3.08. The van der Waals surface area contributed by atoms with E-state index in [2.05, 4.69) is 32.9 Å². The molecule has 0 N–H and O–H groups in total. The molecule has 2 aliphatic rings. The molecule has 2 saturated carbocycles. The standard InChI is InChI=1S/C21H30O2/c1-5-20(6-2)17-12-13-21(20,7-3)18(14-17)15-8-10-16(11-9-15)19(22)23-4/h8-11,17-18H,5-7,12-14H2,1-4H3/t17-,18?,21+/m1/s1. The molecule has 3 rings (SSSR count). The molecular formula is C21H30O2. The van der Waals surface area contributed by atoms with Gasteiger partial charge in [0.1, 0.15) is 0 Å². The van der Waals surface area contributed by atoms with Gasteiger partial charge in [0, 0.05) is 0 Å². The first-order chi connectivity index (χ1) is 11.1. The molecule has 0 aliphatic heterocycles. The lowest BCUT2D eigenvalue weighted by molar-refractivity contribution is 0.0562. The minimum atomic E-state index is -0.244. The van der Waals surface area contributed by atoms with Crippen molar-refractivity contribution in [2.45, 2.75) is 65.2 Å². The highest BCUT2D eigenvalue weighted by Crippen LogP contribution is 2.74. The second kappa shape index (κ2) is 5.96. The molecule has 2 heteroatoms. The highest BCUT2D eigenvalue weighted by Gasteiger charge is 2.65. The van der Waals surface area contributed by atoms with E-state index in [0.29, 0.717) is 22.3 Å². The molecule has 0 saturated heterocycles. The highest BCUT2D eigenvalue weighted by molar-refractivity contribution is 5.89. The number of carbonyl (C=O) groups is 1. The van der Waals surface area contributed by atoms with Crippen LogP contribution in [0.5, 0.6) is 0 Å². The topological polar surface area (TPSA) is 26.3 Å². The fourth-order valence-electron chi connectivity index (χ4n) is 6.47. The van der Waals surface area contributed by atoms with Crippen LogP contribution >= 0.6 is 0 Å². The summed E-state index contributed by atoms with van der Waals surface area (Å²) in [7, 11) is 1.44. The Bertz CT molecular complexity index is 570. The highest BCUT2D eigenvalue weighted by atomic mass is 16.5. The third-order valence-electron chi connectivity index (χ3n) is 7.53. The van der Waals surface area contributed by atoms with Gasteiger partial charge in [-0.25, -0.2) is 4.79 Å². The van der Waals surface area contributed by atoms with Gasteiger partial charge in [0.2, 0.25) is 0 Å². The molecule has 0 radical (unpaired) electrons. The van der Waals surface area contributed by atoms with Crippen molar-refractivity contribution in [3.63, 3.8) is 0 Å². The summed E-state index contributed by atoms with van der Waals surface area (Å²) in [6.45, 7) is 7.19. The molecule has 1 unspecified atom stereocenters. The van der Waals surface area contributed by atoms with Gasteiger partial charge in [-0.3, -0.25) is 0 Å². The Labute approximate surface area is 140 Å². The minimum Gasteiger partial charge on any atom is -0.465 e. The summed E-state index contributed by atoms with van der Waals surface area (Å²) >= 11 is 0.